The number of halogens is 1. The van der Waals surface area contributed by atoms with E-state index in [1.165, 1.54) is 24.3 Å². The van der Waals surface area contributed by atoms with Crippen LogP contribution < -0.4 is 19.1 Å². The molecule has 9 heteroatoms. The van der Waals surface area contributed by atoms with Gasteiger partial charge in [-0.25, -0.2) is 4.39 Å². The molecule has 0 N–H and O–H groups in total. The molecule has 1 atom stereocenters. The molecule has 8 nitrogen and oxygen atoms in total. The summed E-state index contributed by atoms with van der Waals surface area (Å²) >= 11 is 0. The highest BCUT2D eigenvalue weighted by Crippen LogP contribution is 2.35. The highest BCUT2D eigenvalue weighted by Gasteiger charge is 2.27. The second kappa shape index (κ2) is 8.93. The van der Waals surface area contributed by atoms with E-state index in [1.54, 1.807) is 11.8 Å². The molecule has 0 aliphatic carbocycles. The molecule has 2 aliphatic heterocycles. The molecule has 2 aromatic carbocycles. The van der Waals surface area contributed by atoms with Gasteiger partial charge < -0.3 is 24.0 Å². The van der Waals surface area contributed by atoms with E-state index in [4.69, 9.17) is 14.2 Å². The monoisotopic (exact) mass is 450 g/mol. The van der Waals surface area contributed by atoms with Crippen molar-refractivity contribution >= 4 is 11.7 Å². The molecule has 3 heterocycles. The average Bonchev–Trinajstić information content (AvgIpc) is 3.33. The number of carbonyl (C=O) groups is 1. The summed E-state index contributed by atoms with van der Waals surface area (Å²) in [6.07, 6.45) is -0.650. The van der Waals surface area contributed by atoms with Crippen LogP contribution in [-0.4, -0.2) is 60.1 Å². The largest absolute Gasteiger partial charge is 0.481 e. The Morgan fingerprint density at radius 3 is 2.45 bits per heavy atom. The lowest BCUT2D eigenvalue weighted by molar-refractivity contribution is -0.138. The number of hydrogen-bond acceptors (Lipinski definition) is 7. The van der Waals surface area contributed by atoms with Crippen LogP contribution in [0.2, 0.25) is 0 Å². The molecule has 5 rings (SSSR count). The van der Waals surface area contributed by atoms with Gasteiger partial charge >= 0.3 is 0 Å². The van der Waals surface area contributed by atoms with Gasteiger partial charge in [-0.05, 0) is 61.5 Å². The zero-order valence-corrected chi connectivity index (χ0v) is 18.1. The standard InChI is InChI=1S/C24H23FN4O4/c1-16(33-19-5-3-18(25)4-6-19)24(30)29-12-10-28(11-13-29)23-9-7-20(26-27-23)17-2-8-21-22(14-17)32-15-31-21/h2-9,14,16H,10-13,15H2,1H3. The Morgan fingerprint density at radius 2 is 1.73 bits per heavy atom. The van der Waals surface area contributed by atoms with Gasteiger partial charge in [0.1, 0.15) is 11.6 Å². The third-order valence-electron chi connectivity index (χ3n) is 5.71. The Hall–Kier alpha value is -3.88. The molecule has 0 saturated carbocycles. The zero-order chi connectivity index (χ0) is 22.8. The Bertz CT molecular complexity index is 1130. The summed E-state index contributed by atoms with van der Waals surface area (Å²) in [7, 11) is 0. The van der Waals surface area contributed by atoms with Crippen LogP contribution in [0.3, 0.4) is 0 Å². The van der Waals surface area contributed by atoms with Crippen LogP contribution in [0.15, 0.2) is 54.6 Å². The first kappa shape index (κ1) is 21.0. The Kier molecular flexibility index (Phi) is 5.68. The zero-order valence-electron chi connectivity index (χ0n) is 18.1. The molecule has 1 unspecified atom stereocenters. The number of benzene rings is 2. The van der Waals surface area contributed by atoms with E-state index in [0.717, 1.165) is 22.8 Å². The molecule has 2 aliphatic rings. The Balaban J connectivity index is 1.17. The van der Waals surface area contributed by atoms with Gasteiger partial charge in [-0.2, -0.15) is 0 Å². The van der Waals surface area contributed by atoms with Gasteiger partial charge in [0, 0.05) is 31.7 Å². The fourth-order valence-electron chi connectivity index (χ4n) is 3.88. The first-order valence-corrected chi connectivity index (χ1v) is 10.8. The van der Waals surface area contributed by atoms with Crippen LogP contribution in [0.5, 0.6) is 17.2 Å². The molecule has 0 spiro atoms. The van der Waals surface area contributed by atoms with Gasteiger partial charge in [-0.1, -0.05) is 0 Å². The lowest BCUT2D eigenvalue weighted by atomic mass is 10.1. The number of hydrogen-bond donors (Lipinski definition) is 0. The summed E-state index contributed by atoms with van der Waals surface area (Å²) in [4.78, 5) is 16.6. The number of ether oxygens (including phenoxy) is 3. The summed E-state index contributed by atoms with van der Waals surface area (Å²) in [6, 6.07) is 15.2. The minimum absolute atomic E-state index is 0.0942. The van der Waals surface area contributed by atoms with Crippen molar-refractivity contribution in [1.29, 1.82) is 0 Å². The highest BCUT2D eigenvalue weighted by atomic mass is 19.1. The molecule has 3 aromatic rings. The summed E-state index contributed by atoms with van der Waals surface area (Å²) in [6.45, 7) is 4.34. The van der Waals surface area contributed by atoms with E-state index in [-0.39, 0.29) is 18.5 Å². The van der Waals surface area contributed by atoms with Gasteiger partial charge in [-0.3, -0.25) is 4.79 Å². The van der Waals surface area contributed by atoms with Crippen LogP contribution in [0, 0.1) is 5.82 Å². The maximum absolute atomic E-state index is 13.1. The predicted molar refractivity (Wildman–Crippen MR) is 119 cm³/mol. The van der Waals surface area contributed by atoms with Crippen LogP contribution in [-0.2, 0) is 4.79 Å². The van der Waals surface area contributed by atoms with Crippen molar-refractivity contribution in [3.05, 3.63) is 60.4 Å². The fourth-order valence-corrected chi connectivity index (χ4v) is 3.88. The number of anilines is 1. The van der Waals surface area contributed by atoms with E-state index < -0.39 is 6.10 Å². The lowest BCUT2D eigenvalue weighted by Crippen LogP contribution is -2.52. The van der Waals surface area contributed by atoms with Crippen molar-refractivity contribution in [3.63, 3.8) is 0 Å². The Labute approximate surface area is 190 Å². The van der Waals surface area contributed by atoms with Crippen LogP contribution in [0.4, 0.5) is 10.2 Å². The molecule has 1 saturated heterocycles. The molecule has 1 fully saturated rings. The molecule has 0 radical (unpaired) electrons. The van der Waals surface area contributed by atoms with Crippen molar-refractivity contribution in [1.82, 2.24) is 15.1 Å². The molecular weight excluding hydrogens is 427 g/mol. The molecule has 1 aromatic heterocycles. The molecular formula is C24H23FN4O4. The first-order chi connectivity index (χ1) is 16.1. The maximum Gasteiger partial charge on any atom is 0.263 e. The first-order valence-electron chi connectivity index (χ1n) is 10.8. The third kappa shape index (κ3) is 4.52. The minimum atomic E-state index is -0.650. The van der Waals surface area contributed by atoms with E-state index in [2.05, 4.69) is 15.1 Å². The van der Waals surface area contributed by atoms with E-state index >= 15 is 0 Å². The number of aromatic nitrogens is 2. The van der Waals surface area contributed by atoms with Gasteiger partial charge in [0.2, 0.25) is 6.79 Å². The topological polar surface area (TPSA) is 77.0 Å². The van der Waals surface area contributed by atoms with Gasteiger partial charge in [0.25, 0.3) is 5.91 Å². The maximum atomic E-state index is 13.1. The molecule has 33 heavy (non-hydrogen) atoms. The van der Waals surface area contributed by atoms with Gasteiger partial charge in [0.05, 0.1) is 5.69 Å². The van der Waals surface area contributed by atoms with E-state index in [9.17, 15) is 9.18 Å². The number of piperazine rings is 1. The number of nitrogens with zero attached hydrogens (tertiary/aromatic N) is 4. The average molecular weight is 450 g/mol. The number of fused-ring (bicyclic) bond motifs is 1. The van der Waals surface area contributed by atoms with Crippen molar-refractivity contribution < 1.29 is 23.4 Å². The summed E-state index contributed by atoms with van der Waals surface area (Å²) < 4.78 is 29.5. The van der Waals surface area contributed by atoms with E-state index in [1.807, 2.05) is 30.3 Å². The third-order valence-corrected chi connectivity index (χ3v) is 5.71. The van der Waals surface area contributed by atoms with E-state index in [0.29, 0.717) is 37.7 Å². The fraction of sp³-hybridized carbons (Fsp3) is 0.292. The summed E-state index contributed by atoms with van der Waals surface area (Å²) in [5, 5.41) is 8.76. The Morgan fingerprint density at radius 1 is 0.970 bits per heavy atom. The van der Waals surface area contributed by atoms with Crippen molar-refractivity contribution in [2.24, 2.45) is 0 Å². The lowest BCUT2D eigenvalue weighted by Gasteiger charge is -2.36. The number of amides is 1. The van der Waals surface area contributed by atoms with Crippen molar-refractivity contribution in [2.45, 2.75) is 13.0 Å². The predicted octanol–water partition coefficient (Wildman–Crippen LogP) is 3.13. The quantitative estimate of drug-likeness (QED) is 0.591. The second-order valence-corrected chi connectivity index (χ2v) is 7.87. The van der Waals surface area contributed by atoms with Gasteiger partial charge in [-0.15, -0.1) is 10.2 Å². The summed E-state index contributed by atoms with van der Waals surface area (Å²) in [5.41, 5.74) is 1.65. The summed E-state index contributed by atoms with van der Waals surface area (Å²) in [5.74, 6) is 2.23. The van der Waals surface area contributed by atoms with Gasteiger partial charge in [0.15, 0.2) is 23.4 Å². The normalized spacial score (nSPS) is 15.9. The van der Waals surface area contributed by atoms with Crippen LogP contribution in [0.25, 0.3) is 11.3 Å². The minimum Gasteiger partial charge on any atom is -0.481 e. The number of carbonyl (C=O) groups excluding carboxylic acids is 1. The molecule has 170 valence electrons. The smallest absolute Gasteiger partial charge is 0.263 e. The highest BCUT2D eigenvalue weighted by molar-refractivity contribution is 5.81. The van der Waals surface area contributed by atoms with Crippen molar-refractivity contribution in [3.8, 4) is 28.5 Å². The molecule has 1 amide bonds. The second-order valence-electron chi connectivity index (χ2n) is 7.87. The van der Waals surface area contributed by atoms with Crippen LogP contribution >= 0.6 is 0 Å². The van der Waals surface area contributed by atoms with Crippen LogP contribution in [0.1, 0.15) is 6.92 Å². The van der Waals surface area contributed by atoms with Crippen molar-refractivity contribution in [2.75, 3.05) is 37.9 Å². The SMILES string of the molecule is CC(Oc1ccc(F)cc1)C(=O)N1CCN(c2ccc(-c3ccc4c(c3)OCO4)nn2)CC1. The number of rotatable bonds is 5. The molecule has 0 bridgehead atoms.